The van der Waals surface area contributed by atoms with E-state index in [0.717, 1.165) is 5.56 Å². The van der Waals surface area contributed by atoms with E-state index < -0.39 is 0 Å². The zero-order chi connectivity index (χ0) is 12.3. The highest BCUT2D eigenvalue weighted by Crippen LogP contribution is 2.27. The van der Waals surface area contributed by atoms with Crippen molar-refractivity contribution >= 4 is 5.69 Å². The minimum atomic E-state index is -0.302. The van der Waals surface area contributed by atoms with Crippen LogP contribution in [0.5, 0.6) is 0 Å². The number of nitrogens with two attached hydrogens (primary N) is 1. The van der Waals surface area contributed by atoms with Gasteiger partial charge < -0.3 is 10.8 Å². The molecule has 1 aromatic rings. The Hall–Kier alpha value is -1.13. The lowest BCUT2D eigenvalue weighted by molar-refractivity contribution is 0.0947. The number of hydrogen-bond acceptors (Lipinski definition) is 3. The van der Waals surface area contributed by atoms with Gasteiger partial charge in [0.2, 0.25) is 0 Å². The van der Waals surface area contributed by atoms with Crippen molar-refractivity contribution in [2.75, 3.05) is 18.9 Å². The standard InChI is InChI=1S/C13H19FN2O/c14-11-5-4-10(13(15)8-11)9-16(6-7-17)12-2-1-3-12/h4-5,8,12,17H,1-3,6-7,9,15H2. The van der Waals surface area contributed by atoms with Crippen molar-refractivity contribution in [3.8, 4) is 0 Å². The molecule has 0 bridgehead atoms. The first-order valence-corrected chi connectivity index (χ1v) is 6.09. The molecule has 3 nitrogen and oxygen atoms in total. The van der Waals surface area contributed by atoms with E-state index in [2.05, 4.69) is 4.90 Å². The summed E-state index contributed by atoms with van der Waals surface area (Å²) >= 11 is 0. The van der Waals surface area contributed by atoms with Crippen LogP contribution in [-0.4, -0.2) is 29.2 Å². The van der Waals surface area contributed by atoms with Crippen LogP contribution in [0.3, 0.4) is 0 Å². The van der Waals surface area contributed by atoms with Gasteiger partial charge in [-0.1, -0.05) is 12.5 Å². The second kappa shape index (κ2) is 5.47. The van der Waals surface area contributed by atoms with Crippen LogP contribution >= 0.6 is 0 Å². The Morgan fingerprint density at radius 1 is 1.41 bits per heavy atom. The van der Waals surface area contributed by atoms with Crippen LogP contribution in [0.25, 0.3) is 0 Å². The highest BCUT2D eigenvalue weighted by Gasteiger charge is 2.24. The number of benzene rings is 1. The maximum Gasteiger partial charge on any atom is 0.125 e. The van der Waals surface area contributed by atoms with E-state index in [0.29, 0.717) is 24.8 Å². The lowest BCUT2D eigenvalue weighted by Gasteiger charge is -2.37. The van der Waals surface area contributed by atoms with Gasteiger partial charge in [0.05, 0.1) is 6.61 Å². The second-order valence-electron chi connectivity index (χ2n) is 4.62. The predicted molar refractivity (Wildman–Crippen MR) is 65.9 cm³/mol. The number of rotatable bonds is 5. The fourth-order valence-corrected chi connectivity index (χ4v) is 2.20. The number of aliphatic hydroxyl groups is 1. The Morgan fingerprint density at radius 2 is 2.18 bits per heavy atom. The molecule has 0 aromatic heterocycles. The molecule has 94 valence electrons. The summed E-state index contributed by atoms with van der Waals surface area (Å²) in [5.74, 6) is -0.302. The monoisotopic (exact) mass is 238 g/mol. The van der Waals surface area contributed by atoms with Gasteiger partial charge in [-0.3, -0.25) is 4.90 Å². The van der Waals surface area contributed by atoms with E-state index >= 15 is 0 Å². The third-order valence-corrected chi connectivity index (χ3v) is 3.46. The summed E-state index contributed by atoms with van der Waals surface area (Å²) in [6.07, 6.45) is 3.62. The van der Waals surface area contributed by atoms with Crippen LogP contribution in [-0.2, 0) is 6.54 Å². The van der Waals surface area contributed by atoms with Crippen molar-refractivity contribution < 1.29 is 9.50 Å². The maximum atomic E-state index is 12.9. The average Bonchev–Trinajstić information content (AvgIpc) is 2.20. The summed E-state index contributed by atoms with van der Waals surface area (Å²) in [6.45, 7) is 1.50. The van der Waals surface area contributed by atoms with Crippen molar-refractivity contribution in [2.45, 2.75) is 31.8 Å². The summed E-state index contributed by atoms with van der Waals surface area (Å²) in [7, 11) is 0. The van der Waals surface area contributed by atoms with Gasteiger partial charge in [-0.25, -0.2) is 4.39 Å². The van der Waals surface area contributed by atoms with Gasteiger partial charge in [0, 0.05) is 24.8 Å². The van der Waals surface area contributed by atoms with Crippen LogP contribution in [0.15, 0.2) is 18.2 Å². The molecule has 0 atom stereocenters. The van der Waals surface area contributed by atoms with Gasteiger partial charge >= 0.3 is 0 Å². The summed E-state index contributed by atoms with van der Waals surface area (Å²) in [6, 6.07) is 5.07. The SMILES string of the molecule is Nc1cc(F)ccc1CN(CCO)C1CCC1. The van der Waals surface area contributed by atoms with Gasteiger partial charge in [0.25, 0.3) is 0 Å². The molecule has 0 radical (unpaired) electrons. The van der Waals surface area contributed by atoms with E-state index in [4.69, 9.17) is 10.8 Å². The van der Waals surface area contributed by atoms with Crippen LogP contribution in [0.2, 0.25) is 0 Å². The number of hydrogen-bond donors (Lipinski definition) is 2. The Labute approximate surface area is 101 Å². The molecule has 3 N–H and O–H groups in total. The Bertz CT molecular complexity index is 380. The fraction of sp³-hybridized carbons (Fsp3) is 0.538. The van der Waals surface area contributed by atoms with E-state index in [1.54, 1.807) is 6.07 Å². The summed E-state index contributed by atoms with van der Waals surface area (Å²) in [5, 5.41) is 9.06. The van der Waals surface area contributed by atoms with Gasteiger partial charge in [-0.2, -0.15) is 0 Å². The van der Waals surface area contributed by atoms with Gasteiger partial charge in [-0.15, -0.1) is 0 Å². The minimum Gasteiger partial charge on any atom is -0.398 e. The zero-order valence-corrected chi connectivity index (χ0v) is 9.90. The molecule has 0 heterocycles. The van der Waals surface area contributed by atoms with Crippen LogP contribution in [0.1, 0.15) is 24.8 Å². The molecule has 17 heavy (non-hydrogen) atoms. The molecule has 0 unspecified atom stereocenters. The molecule has 1 aliphatic carbocycles. The first-order chi connectivity index (χ1) is 8.20. The molecule has 1 fully saturated rings. The Balaban J connectivity index is 2.05. The summed E-state index contributed by atoms with van der Waals surface area (Å²) in [5.41, 5.74) is 7.23. The molecule has 4 heteroatoms. The molecular formula is C13H19FN2O. The van der Waals surface area contributed by atoms with Crippen LogP contribution < -0.4 is 5.73 Å². The molecule has 0 amide bonds. The molecular weight excluding hydrogens is 219 g/mol. The lowest BCUT2D eigenvalue weighted by atomic mass is 9.91. The number of aliphatic hydroxyl groups excluding tert-OH is 1. The van der Waals surface area contributed by atoms with Crippen LogP contribution in [0, 0.1) is 5.82 Å². The topological polar surface area (TPSA) is 49.5 Å². The highest BCUT2D eigenvalue weighted by atomic mass is 19.1. The average molecular weight is 238 g/mol. The molecule has 1 aliphatic rings. The predicted octanol–water partition coefficient (Wildman–Crippen LogP) is 1.75. The van der Waals surface area contributed by atoms with E-state index in [-0.39, 0.29) is 12.4 Å². The van der Waals surface area contributed by atoms with Crippen molar-refractivity contribution in [2.24, 2.45) is 0 Å². The first-order valence-electron chi connectivity index (χ1n) is 6.09. The molecule has 0 aliphatic heterocycles. The third-order valence-electron chi connectivity index (χ3n) is 3.46. The number of nitrogen functional groups attached to an aromatic ring is 1. The highest BCUT2D eigenvalue weighted by molar-refractivity contribution is 5.46. The van der Waals surface area contributed by atoms with Crippen molar-refractivity contribution in [1.82, 2.24) is 4.90 Å². The lowest BCUT2D eigenvalue weighted by Crippen LogP contribution is -2.41. The van der Waals surface area contributed by atoms with Crippen molar-refractivity contribution in [3.05, 3.63) is 29.6 Å². The quantitative estimate of drug-likeness (QED) is 0.768. The van der Waals surface area contributed by atoms with Gasteiger partial charge in [0.15, 0.2) is 0 Å². The zero-order valence-electron chi connectivity index (χ0n) is 9.90. The van der Waals surface area contributed by atoms with E-state index in [1.807, 2.05) is 0 Å². The number of anilines is 1. The molecule has 1 saturated carbocycles. The van der Waals surface area contributed by atoms with E-state index in [9.17, 15) is 4.39 Å². The maximum absolute atomic E-state index is 12.9. The van der Waals surface area contributed by atoms with Crippen molar-refractivity contribution in [3.63, 3.8) is 0 Å². The van der Waals surface area contributed by atoms with Gasteiger partial charge in [0.1, 0.15) is 5.82 Å². The molecule has 2 rings (SSSR count). The third kappa shape index (κ3) is 2.96. The minimum absolute atomic E-state index is 0.150. The molecule has 1 aromatic carbocycles. The second-order valence-corrected chi connectivity index (χ2v) is 4.62. The van der Waals surface area contributed by atoms with Crippen molar-refractivity contribution in [1.29, 1.82) is 0 Å². The Morgan fingerprint density at radius 3 is 2.71 bits per heavy atom. The first kappa shape index (κ1) is 12.3. The smallest absolute Gasteiger partial charge is 0.125 e. The van der Waals surface area contributed by atoms with Crippen LogP contribution in [0.4, 0.5) is 10.1 Å². The Kier molecular flexibility index (Phi) is 3.97. The fourth-order valence-electron chi connectivity index (χ4n) is 2.20. The van der Waals surface area contributed by atoms with E-state index in [1.165, 1.54) is 31.4 Å². The largest absolute Gasteiger partial charge is 0.398 e. The molecule has 0 saturated heterocycles. The summed E-state index contributed by atoms with van der Waals surface area (Å²) in [4.78, 5) is 2.23. The van der Waals surface area contributed by atoms with Gasteiger partial charge in [-0.05, 0) is 30.5 Å². The molecule has 0 spiro atoms. The number of halogens is 1. The summed E-state index contributed by atoms with van der Waals surface area (Å²) < 4.78 is 12.9. The number of nitrogens with zero attached hydrogens (tertiary/aromatic N) is 1. The normalized spacial score (nSPS) is 16.2.